The van der Waals surface area contributed by atoms with E-state index >= 15 is 0 Å². The highest BCUT2D eigenvalue weighted by Crippen LogP contribution is 2.48. The van der Waals surface area contributed by atoms with E-state index in [1.807, 2.05) is 24.5 Å². The van der Waals surface area contributed by atoms with Crippen LogP contribution in [0.15, 0.2) is 486 Å². The molecule has 2 heterocycles. The van der Waals surface area contributed by atoms with Crippen molar-refractivity contribution < 1.29 is 0 Å². The fourth-order valence-corrected chi connectivity index (χ4v) is 16.0. The molecule has 0 unspecified atom stereocenters. The van der Waals surface area contributed by atoms with E-state index in [2.05, 4.69) is 500 Å². The standard InChI is InChI=1S/C108H80N10/c1-9-29-81(30-10-1)111(91-53-57-93(58-54-91)113(83-33-13-3-14-34-83)95-61-65-97(66-62-95)115(85-37-17-5-18-38-85)99-69-73-101(74-70-99)117(87-41-21-7-22-42-87)107-77-79-109-105-47-27-25-45-103(105)107)89-49-51-90(52-50-89)112(82-31-11-2-12-32-82)92-55-59-94(60-56-92)114(84-35-15-4-16-36-84)96-63-67-98(68-64-96)116(86-39-19-6-20-40-86)100-71-75-102(76-72-100)118(88-43-23-8-24-44-88)108-78-80-110-106-48-28-26-46-104(106)108/h1-80H. The van der Waals surface area contributed by atoms with Crippen molar-refractivity contribution in [2.45, 2.75) is 0 Å². The summed E-state index contributed by atoms with van der Waals surface area (Å²) in [4.78, 5) is 28.0. The highest BCUT2D eigenvalue weighted by Gasteiger charge is 2.25. The molecule has 0 radical (unpaired) electrons. The Morgan fingerprint density at radius 2 is 0.237 bits per heavy atom. The van der Waals surface area contributed by atoms with Gasteiger partial charge in [0.1, 0.15) is 0 Å². The number of anilines is 24. The van der Waals surface area contributed by atoms with Gasteiger partial charge in [0, 0.05) is 148 Å². The molecule has 0 amide bonds. The van der Waals surface area contributed by atoms with Crippen molar-refractivity contribution >= 4 is 158 Å². The van der Waals surface area contributed by atoms with E-state index in [1.165, 1.54) is 0 Å². The molecule has 562 valence electrons. The maximum Gasteiger partial charge on any atom is 0.0723 e. The van der Waals surface area contributed by atoms with Gasteiger partial charge in [-0.2, -0.15) is 0 Å². The zero-order valence-corrected chi connectivity index (χ0v) is 64.7. The van der Waals surface area contributed by atoms with Gasteiger partial charge in [0.05, 0.1) is 22.4 Å². The van der Waals surface area contributed by atoms with E-state index in [0.29, 0.717) is 0 Å². The van der Waals surface area contributed by atoms with Crippen molar-refractivity contribution in [1.29, 1.82) is 0 Å². The second kappa shape index (κ2) is 33.3. The Morgan fingerprint density at radius 3 is 0.407 bits per heavy atom. The van der Waals surface area contributed by atoms with Gasteiger partial charge in [-0.05, 0) is 291 Å². The van der Waals surface area contributed by atoms with Crippen LogP contribution in [0.25, 0.3) is 21.8 Å². The van der Waals surface area contributed by atoms with Crippen molar-refractivity contribution in [1.82, 2.24) is 9.97 Å². The van der Waals surface area contributed by atoms with Crippen molar-refractivity contribution in [3.63, 3.8) is 0 Å². The van der Waals surface area contributed by atoms with Gasteiger partial charge in [-0.3, -0.25) is 9.97 Å². The maximum atomic E-state index is 4.71. The van der Waals surface area contributed by atoms with Gasteiger partial charge in [-0.1, -0.05) is 182 Å². The van der Waals surface area contributed by atoms with E-state index in [1.54, 1.807) is 0 Å². The average molecular weight is 1520 g/mol. The Morgan fingerprint density at radius 1 is 0.110 bits per heavy atom. The molecule has 19 rings (SSSR count). The van der Waals surface area contributed by atoms with Crippen LogP contribution in [0.4, 0.5) is 136 Å². The number of hydrogen-bond acceptors (Lipinski definition) is 10. The van der Waals surface area contributed by atoms with Gasteiger partial charge in [-0.15, -0.1) is 0 Å². The van der Waals surface area contributed by atoms with Crippen LogP contribution in [0.2, 0.25) is 0 Å². The monoisotopic (exact) mass is 1520 g/mol. The fourth-order valence-electron chi connectivity index (χ4n) is 16.0. The first-order valence-corrected chi connectivity index (χ1v) is 39.8. The fraction of sp³-hybridized carbons (Fsp3) is 0. The van der Waals surface area contributed by atoms with Gasteiger partial charge in [0.25, 0.3) is 0 Å². The summed E-state index contributed by atoms with van der Waals surface area (Å²) in [5, 5.41) is 2.16. The number of rotatable bonds is 24. The van der Waals surface area contributed by atoms with Crippen molar-refractivity contribution in [3.05, 3.63) is 486 Å². The number of para-hydroxylation sites is 10. The highest BCUT2D eigenvalue weighted by molar-refractivity contribution is 5.99. The Labute approximate surface area is 688 Å². The molecule has 2 aromatic heterocycles. The lowest BCUT2D eigenvalue weighted by atomic mass is 10.1. The van der Waals surface area contributed by atoms with Gasteiger partial charge in [0.2, 0.25) is 0 Å². The van der Waals surface area contributed by atoms with Crippen LogP contribution < -0.4 is 39.2 Å². The van der Waals surface area contributed by atoms with E-state index < -0.39 is 0 Å². The summed E-state index contributed by atoms with van der Waals surface area (Å²) < 4.78 is 0. The van der Waals surface area contributed by atoms with Crippen molar-refractivity contribution in [2.24, 2.45) is 0 Å². The molecule has 0 atom stereocenters. The third-order valence-electron chi connectivity index (χ3n) is 21.4. The van der Waals surface area contributed by atoms with Crippen LogP contribution in [-0.2, 0) is 0 Å². The summed E-state index contributed by atoms with van der Waals surface area (Å²) in [6.45, 7) is 0. The molecular formula is C108H80N10. The first-order chi connectivity index (χ1) is 58.6. The van der Waals surface area contributed by atoms with Gasteiger partial charge in [0.15, 0.2) is 0 Å². The predicted molar refractivity (Wildman–Crippen MR) is 495 cm³/mol. The minimum atomic E-state index is 0.947. The largest absolute Gasteiger partial charge is 0.311 e. The van der Waals surface area contributed by atoms with E-state index in [0.717, 1.165) is 158 Å². The number of fused-ring (bicyclic) bond motifs is 2. The molecule has 0 bridgehead atoms. The van der Waals surface area contributed by atoms with Crippen LogP contribution in [-0.4, -0.2) is 9.97 Å². The molecule has 0 saturated heterocycles. The zero-order valence-electron chi connectivity index (χ0n) is 64.7. The third-order valence-corrected chi connectivity index (χ3v) is 21.4. The first-order valence-electron chi connectivity index (χ1n) is 39.8. The smallest absolute Gasteiger partial charge is 0.0723 e. The number of nitrogens with zero attached hydrogens (tertiary/aromatic N) is 10. The van der Waals surface area contributed by atoms with Crippen LogP contribution in [0, 0.1) is 0 Å². The molecule has 0 saturated carbocycles. The molecule has 17 aromatic carbocycles. The van der Waals surface area contributed by atoms with Crippen LogP contribution in [0.5, 0.6) is 0 Å². The lowest BCUT2D eigenvalue weighted by Gasteiger charge is -2.30. The Hall–Kier alpha value is -16.0. The minimum absolute atomic E-state index is 0.947. The van der Waals surface area contributed by atoms with E-state index in [9.17, 15) is 0 Å². The SMILES string of the molecule is c1ccc(N(c2ccc(N(c3ccccc3)c3ccc(N(c4ccccc4)c4ccc(N(c5ccccc5)c5ccc(N(c6ccccc6)c6ccnc7ccccc67)cc5)cc4)cc3)cc2)c2ccc(N(c3ccccc3)c3ccc(N(c4ccccc4)c4ccc(N(c5ccccc5)c5ccnc6ccccc56)cc4)cc3)cc2)cc1. The number of pyridine rings is 2. The molecule has 0 spiro atoms. The third kappa shape index (κ3) is 14.9. The molecule has 0 aliphatic heterocycles. The molecular weight excluding hydrogens is 1440 g/mol. The number of hydrogen-bond donors (Lipinski definition) is 0. The van der Waals surface area contributed by atoms with Gasteiger partial charge in [-0.25, -0.2) is 0 Å². The van der Waals surface area contributed by atoms with E-state index in [-0.39, 0.29) is 0 Å². The lowest BCUT2D eigenvalue weighted by Crippen LogP contribution is -2.14. The van der Waals surface area contributed by atoms with Crippen molar-refractivity contribution in [2.75, 3.05) is 39.2 Å². The average Bonchev–Trinajstić information content (AvgIpc) is 0.782. The molecule has 0 aliphatic carbocycles. The lowest BCUT2D eigenvalue weighted by molar-refractivity contribution is 1.23. The Balaban J connectivity index is 0.602. The minimum Gasteiger partial charge on any atom is -0.311 e. The second-order valence-electron chi connectivity index (χ2n) is 28.7. The maximum absolute atomic E-state index is 4.71. The number of aromatic nitrogens is 2. The molecule has 19 aromatic rings. The summed E-state index contributed by atoms with van der Waals surface area (Å²) in [5.74, 6) is 0. The summed E-state index contributed by atoms with van der Waals surface area (Å²) in [7, 11) is 0. The van der Waals surface area contributed by atoms with Crippen LogP contribution in [0.3, 0.4) is 0 Å². The van der Waals surface area contributed by atoms with Crippen molar-refractivity contribution in [3.8, 4) is 0 Å². The summed E-state index contributed by atoms with van der Waals surface area (Å²) in [6, 6.07) is 168. The second-order valence-corrected chi connectivity index (χ2v) is 28.7. The first kappa shape index (κ1) is 72.2. The quantitative estimate of drug-likeness (QED) is 0.0585. The van der Waals surface area contributed by atoms with Gasteiger partial charge < -0.3 is 39.2 Å². The molecule has 118 heavy (non-hydrogen) atoms. The van der Waals surface area contributed by atoms with Crippen LogP contribution in [0.1, 0.15) is 0 Å². The summed E-state index contributed by atoms with van der Waals surface area (Å²) in [5.41, 5.74) is 26.8. The van der Waals surface area contributed by atoms with Gasteiger partial charge >= 0.3 is 0 Å². The highest BCUT2D eigenvalue weighted by atomic mass is 15.2. The predicted octanol–water partition coefficient (Wildman–Crippen LogP) is 30.5. The van der Waals surface area contributed by atoms with E-state index in [4.69, 9.17) is 9.97 Å². The normalized spacial score (nSPS) is 11.1. The molecule has 0 N–H and O–H groups in total. The summed E-state index contributed by atoms with van der Waals surface area (Å²) in [6.07, 6.45) is 3.79. The molecule has 10 heteroatoms. The topological polar surface area (TPSA) is 51.7 Å². The Bertz CT molecular complexity index is 6090. The Kier molecular flexibility index (Phi) is 20.4. The zero-order chi connectivity index (χ0) is 78.8. The summed E-state index contributed by atoms with van der Waals surface area (Å²) >= 11 is 0. The molecule has 10 nitrogen and oxygen atoms in total. The molecule has 0 aliphatic rings. The van der Waals surface area contributed by atoms with Crippen LogP contribution >= 0.6 is 0 Å². The molecule has 0 fully saturated rings. The number of benzene rings is 17.